The van der Waals surface area contributed by atoms with Crippen LogP contribution in [-0.2, 0) is 6.54 Å². The Balaban J connectivity index is 1.31. The Bertz CT molecular complexity index is 583. The minimum Gasteiger partial charge on any atom is -0.338 e. The van der Waals surface area contributed by atoms with Crippen molar-refractivity contribution in [3.05, 3.63) is 23.4 Å². The first-order valence-electron chi connectivity index (χ1n) is 8.21. The van der Waals surface area contributed by atoms with Crippen LogP contribution >= 0.6 is 11.3 Å². The van der Waals surface area contributed by atoms with Gasteiger partial charge in [-0.2, -0.15) is 4.98 Å². The van der Waals surface area contributed by atoms with Crippen LogP contribution in [-0.4, -0.2) is 40.7 Å². The number of aromatic nitrogens is 2. The second-order valence-corrected chi connectivity index (χ2v) is 7.25. The van der Waals surface area contributed by atoms with Crippen molar-refractivity contribution in [3.63, 3.8) is 0 Å². The van der Waals surface area contributed by atoms with E-state index < -0.39 is 0 Å². The van der Waals surface area contributed by atoms with E-state index >= 15 is 0 Å². The van der Waals surface area contributed by atoms with Crippen LogP contribution in [0, 0.1) is 5.92 Å². The van der Waals surface area contributed by atoms with Crippen molar-refractivity contribution in [3.8, 4) is 10.7 Å². The van der Waals surface area contributed by atoms with Gasteiger partial charge in [0.15, 0.2) is 0 Å². The predicted octanol–water partition coefficient (Wildman–Crippen LogP) is 2.76. The number of rotatable bonds is 4. The van der Waals surface area contributed by atoms with Crippen LogP contribution < -0.4 is 5.32 Å². The zero-order valence-corrected chi connectivity index (χ0v) is 13.5. The number of hydrogen-bond donors (Lipinski definition) is 1. The van der Waals surface area contributed by atoms with Crippen molar-refractivity contribution in [2.45, 2.75) is 38.3 Å². The van der Waals surface area contributed by atoms with E-state index in [0.29, 0.717) is 0 Å². The van der Waals surface area contributed by atoms with Gasteiger partial charge in [-0.05, 0) is 62.7 Å². The Kier molecular flexibility index (Phi) is 4.23. The summed E-state index contributed by atoms with van der Waals surface area (Å²) in [6.45, 7) is 4.26. The molecule has 2 fully saturated rings. The summed E-state index contributed by atoms with van der Waals surface area (Å²) in [6, 6.07) is 4.80. The summed E-state index contributed by atoms with van der Waals surface area (Å²) < 4.78 is 5.41. The summed E-state index contributed by atoms with van der Waals surface area (Å²) in [7, 11) is 0. The van der Waals surface area contributed by atoms with Crippen LogP contribution in [0.5, 0.6) is 0 Å². The minimum atomic E-state index is 0.718. The SMILES string of the molecule is c1csc(-c2noc(CN3CCC(C4CCCN4)CC3)n2)c1. The van der Waals surface area contributed by atoms with Gasteiger partial charge in [-0.15, -0.1) is 11.3 Å². The highest BCUT2D eigenvalue weighted by molar-refractivity contribution is 7.13. The molecule has 0 radical (unpaired) electrons. The minimum absolute atomic E-state index is 0.718. The molecule has 5 nitrogen and oxygen atoms in total. The van der Waals surface area contributed by atoms with Crippen molar-refractivity contribution >= 4 is 11.3 Å². The summed E-state index contributed by atoms with van der Waals surface area (Å²) >= 11 is 1.64. The van der Waals surface area contributed by atoms with E-state index in [4.69, 9.17) is 4.52 Å². The summed E-state index contributed by atoms with van der Waals surface area (Å²) in [6.07, 6.45) is 5.27. The topological polar surface area (TPSA) is 54.2 Å². The molecule has 22 heavy (non-hydrogen) atoms. The van der Waals surface area contributed by atoms with Crippen LogP contribution in [0.25, 0.3) is 10.7 Å². The summed E-state index contributed by atoms with van der Waals surface area (Å²) in [5.41, 5.74) is 0. The fourth-order valence-electron chi connectivity index (χ4n) is 3.64. The van der Waals surface area contributed by atoms with Crippen LogP contribution in [0.3, 0.4) is 0 Å². The molecule has 0 aromatic carbocycles. The number of nitrogens with zero attached hydrogens (tertiary/aromatic N) is 3. The lowest BCUT2D eigenvalue weighted by molar-refractivity contribution is 0.143. The van der Waals surface area contributed by atoms with E-state index in [0.717, 1.165) is 48.2 Å². The van der Waals surface area contributed by atoms with Gasteiger partial charge >= 0.3 is 0 Å². The maximum Gasteiger partial charge on any atom is 0.241 e. The molecule has 2 aliphatic heterocycles. The van der Waals surface area contributed by atoms with E-state index in [1.807, 2.05) is 17.5 Å². The molecule has 0 aliphatic carbocycles. The molecular weight excluding hydrogens is 296 g/mol. The molecule has 2 aliphatic rings. The highest BCUT2D eigenvalue weighted by Gasteiger charge is 2.28. The molecule has 1 N–H and O–H groups in total. The van der Waals surface area contributed by atoms with E-state index in [9.17, 15) is 0 Å². The summed E-state index contributed by atoms with van der Waals surface area (Å²) in [4.78, 5) is 8.03. The fourth-order valence-corrected chi connectivity index (χ4v) is 4.29. The lowest BCUT2D eigenvalue weighted by atomic mass is 9.88. The molecule has 0 saturated carbocycles. The molecule has 1 unspecified atom stereocenters. The quantitative estimate of drug-likeness (QED) is 0.939. The lowest BCUT2D eigenvalue weighted by Crippen LogP contribution is -2.40. The molecule has 4 rings (SSSR count). The predicted molar refractivity (Wildman–Crippen MR) is 86.6 cm³/mol. The maximum atomic E-state index is 5.41. The number of nitrogens with one attached hydrogen (secondary N) is 1. The highest BCUT2D eigenvalue weighted by Crippen LogP contribution is 2.27. The molecule has 1 atom stereocenters. The number of thiophene rings is 1. The molecule has 118 valence electrons. The van der Waals surface area contributed by atoms with Crippen LogP contribution in [0.2, 0.25) is 0 Å². The lowest BCUT2D eigenvalue weighted by Gasteiger charge is -2.34. The Morgan fingerprint density at radius 2 is 2.23 bits per heavy atom. The fraction of sp³-hybridized carbons (Fsp3) is 0.625. The number of likely N-dealkylation sites (tertiary alicyclic amines) is 1. The van der Waals surface area contributed by atoms with Crippen LogP contribution in [0.1, 0.15) is 31.6 Å². The third kappa shape index (κ3) is 3.09. The Hall–Kier alpha value is -1.24. The maximum absolute atomic E-state index is 5.41. The van der Waals surface area contributed by atoms with Crippen molar-refractivity contribution < 1.29 is 4.52 Å². The van der Waals surface area contributed by atoms with Gasteiger partial charge in [-0.3, -0.25) is 4.90 Å². The Morgan fingerprint density at radius 1 is 1.32 bits per heavy atom. The second-order valence-electron chi connectivity index (χ2n) is 6.31. The first-order chi connectivity index (χ1) is 10.9. The first kappa shape index (κ1) is 14.4. The van der Waals surface area contributed by atoms with Crippen molar-refractivity contribution in [2.24, 2.45) is 5.92 Å². The van der Waals surface area contributed by atoms with Crippen molar-refractivity contribution in [2.75, 3.05) is 19.6 Å². The normalized spacial score (nSPS) is 24.1. The number of piperidine rings is 1. The Labute approximate surface area is 134 Å². The van der Waals surface area contributed by atoms with Crippen molar-refractivity contribution in [1.29, 1.82) is 0 Å². The molecule has 0 spiro atoms. The van der Waals surface area contributed by atoms with Gasteiger partial charge in [0.25, 0.3) is 0 Å². The van der Waals surface area contributed by atoms with Gasteiger partial charge in [-0.1, -0.05) is 11.2 Å². The smallest absolute Gasteiger partial charge is 0.241 e. The largest absolute Gasteiger partial charge is 0.338 e. The second kappa shape index (κ2) is 6.48. The molecule has 0 amide bonds. The molecule has 2 saturated heterocycles. The zero-order valence-electron chi connectivity index (χ0n) is 12.7. The van der Waals surface area contributed by atoms with Gasteiger partial charge < -0.3 is 9.84 Å². The third-order valence-corrected chi connectivity index (χ3v) is 5.73. The van der Waals surface area contributed by atoms with Gasteiger partial charge in [0.2, 0.25) is 11.7 Å². The molecule has 2 aromatic heterocycles. The molecular formula is C16H22N4OS. The molecule has 0 bridgehead atoms. The van der Waals surface area contributed by atoms with Crippen LogP contribution in [0.4, 0.5) is 0 Å². The average molecular weight is 318 g/mol. The van der Waals surface area contributed by atoms with Gasteiger partial charge in [0.1, 0.15) is 0 Å². The van der Waals surface area contributed by atoms with Crippen molar-refractivity contribution in [1.82, 2.24) is 20.4 Å². The van der Waals surface area contributed by atoms with E-state index in [1.165, 1.54) is 32.2 Å². The average Bonchev–Trinajstić information content (AvgIpc) is 3.30. The first-order valence-corrected chi connectivity index (χ1v) is 9.08. The van der Waals surface area contributed by atoms with E-state index in [-0.39, 0.29) is 0 Å². The van der Waals surface area contributed by atoms with Crippen LogP contribution in [0.15, 0.2) is 22.0 Å². The summed E-state index contributed by atoms with van der Waals surface area (Å²) in [5, 5.41) is 9.78. The van der Waals surface area contributed by atoms with Gasteiger partial charge in [-0.25, -0.2) is 0 Å². The standard InChI is InChI=1S/C16H22N4OS/c1-3-13(17-7-1)12-5-8-20(9-6-12)11-15-18-16(19-21-15)14-4-2-10-22-14/h2,4,10,12-13,17H,1,3,5-9,11H2. The molecule has 6 heteroatoms. The third-order valence-electron chi connectivity index (χ3n) is 4.87. The number of hydrogen-bond acceptors (Lipinski definition) is 6. The van der Waals surface area contributed by atoms with Gasteiger partial charge in [0.05, 0.1) is 11.4 Å². The zero-order chi connectivity index (χ0) is 14.8. The van der Waals surface area contributed by atoms with E-state index in [2.05, 4.69) is 20.4 Å². The Morgan fingerprint density at radius 3 is 2.95 bits per heavy atom. The van der Waals surface area contributed by atoms with E-state index in [1.54, 1.807) is 11.3 Å². The summed E-state index contributed by atoms with van der Waals surface area (Å²) in [5.74, 6) is 2.30. The van der Waals surface area contributed by atoms with Gasteiger partial charge in [0, 0.05) is 6.04 Å². The highest BCUT2D eigenvalue weighted by atomic mass is 32.1. The molecule has 4 heterocycles. The molecule has 2 aromatic rings. The monoisotopic (exact) mass is 318 g/mol.